The second-order valence-electron chi connectivity index (χ2n) is 7.44. The van der Waals surface area contributed by atoms with Gasteiger partial charge in [0.25, 0.3) is 5.91 Å². The van der Waals surface area contributed by atoms with Gasteiger partial charge in [-0.15, -0.1) is 0 Å². The topological polar surface area (TPSA) is 68.8 Å². The highest BCUT2D eigenvalue weighted by Gasteiger charge is 2.32. The van der Waals surface area contributed by atoms with Crippen LogP contribution in [0.3, 0.4) is 0 Å². The smallest absolute Gasteiger partial charge is 0.364 e. The Morgan fingerprint density at radius 1 is 1.16 bits per heavy atom. The lowest BCUT2D eigenvalue weighted by Crippen LogP contribution is -2.49. The number of alkyl halides is 3. The molecule has 2 aliphatic heterocycles. The predicted octanol–water partition coefficient (Wildman–Crippen LogP) is 3.10. The van der Waals surface area contributed by atoms with Crippen molar-refractivity contribution in [3.63, 3.8) is 0 Å². The molecule has 0 unspecified atom stereocenters. The predicted molar refractivity (Wildman–Crippen MR) is 111 cm³/mol. The minimum atomic E-state index is -4.51. The van der Waals surface area contributed by atoms with Crippen LogP contribution < -0.4 is 15.1 Å². The number of pyridine rings is 1. The number of fused-ring (bicyclic) bond motifs is 1. The summed E-state index contributed by atoms with van der Waals surface area (Å²) >= 11 is 6.03. The van der Waals surface area contributed by atoms with Crippen molar-refractivity contribution in [1.29, 1.82) is 0 Å². The second-order valence-corrected chi connectivity index (χ2v) is 7.85. The highest BCUT2D eigenvalue weighted by Crippen LogP contribution is 2.34. The number of hydrogen-bond acceptors (Lipinski definition) is 5. The van der Waals surface area contributed by atoms with Crippen molar-refractivity contribution in [2.45, 2.75) is 6.18 Å². The van der Waals surface area contributed by atoms with Crippen LogP contribution in [0.5, 0.6) is 0 Å². The van der Waals surface area contributed by atoms with Gasteiger partial charge in [0.1, 0.15) is 5.82 Å². The molecule has 3 heterocycles. The van der Waals surface area contributed by atoms with Crippen LogP contribution in [0.2, 0.25) is 5.02 Å². The van der Waals surface area contributed by atoms with E-state index < -0.39 is 11.7 Å². The Labute approximate surface area is 181 Å². The molecule has 164 valence electrons. The summed E-state index contributed by atoms with van der Waals surface area (Å²) in [5.74, 6) is -0.0631. The largest absolute Gasteiger partial charge is 0.417 e. The zero-order valence-electron chi connectivity index (χ0n) is 16.5. The maximum absolute atomic E-state index is 12.9. The van der Waals surface area contributed by atoms with Crippen molar-refractivity contribution in [3.8, 4) is 0 Å². The van der Waals surface area contributed by atoms with E-state index in [9.17, 15) is 22.8 Å². The van der Waals surface area contributed by atoms with Crippen LogP contribution in [0.1, 0.15) is 15.9 Å². The first-order valence-electron chi connectivity index (χ1n) is 9.55. The molecule has 1 aromatic carbocycles. The molecule has 2 aromatic rings. The summed E-state index contributed by atoms with van der Waals surface area (Å²) in [5, 5.41) is 2.70. The van der Waals surface area contributed by atoms with Crippen molar-refractivity contribution >= 4 is 40.6 Å². The Kier molecular flexibility index (Phi) is 5.42. The lowest BCUT2D eigenvalue weighted by Gasteiger charge is -2.36. The molecular formula is C20H19ClF3N5O2. The molecule has 0 saturated carbocycles. The van der Waals surface area contributed by atoms with Gasteiger partial charge in [-0.05, 0) is 24.3 Å². The first-order chi connectivity index (χ1) is 14.6. The van der Waals surface area contributed by atoms with Crippen LogP contribution in [0.4, 0.5) is 30.4 Å². The average Bonchev–Trinajstić information content (AvgIpc) is 2.72. The Morgan fingerprint density at radius 3 is 2.52 bits per heavy atom. The summed E-state index contributed by atoms with van der Waals surface area (Å²) < 4.78 is 38.4. The van der Waals surface area contributed by atoms with Crippen molar-refractivity contribution in [2.75, 3.05) is 54.9 Å². The maximum Gasteiger partial charge on any atom is 0.417 e. The van der Waals surface area contributed by atoms with Gasteiger partial charge in [-0.1, -0.05) is 11.6 Å². The molecule has 7 nitrogen and oxygen atoms in total. The fourth-order valence-electron chi connectivity index (χ4n) is 3.71. The van der Waals surface area contributed by atoms with Crippen molar-refractivity contribution in [2.24, 2.45) is 0 Å². The fourth-order valence-corrected chi connectivity index (χ4v) is 4.00. The summed E-state index contributed by atoms with van der Waals surface area (Å²) in [6.07, 6.45) is -3.75. The van der Waals surface area contributed by atoms with E-state index >= 15 is 0 Å². The van der Waals surface area contributed by atoms with Crippen LogP contribution in [-0.4, -0.2) is 61.5 Å². The van der Waals surface area contributed by atoms with E-state index in [4.69, 9.17) is 11.6 Å². The summed E-state index contributed by atoms with van der Waals surface area (Å²) in [4.78, 5) is 33.8. The lowest BCUT2D eigenvalue weighted by atomic mass is 10.1. The number of carbonyl (C=O) groups excluding carboxylic acids is 2. The number of benzene rings is 1. The Bertz CT molecular complexity index is 1040. The molecule has 1 aromatic heterocycles. The number of carbonyl (C=O) groups is 2. The number of hydrogen-bond donors (Lipinski definition) is 1. The number of halogens is 4. The van der Waals surface area contributed by atoms with E-state index in [1.807, 2.05) is 4.90 Å². The molecule has 0 bridgehead atoms. The van der Waals surface area contributed by atoms with Gasteiger partial charge in [0.2, 0.25) is 5.91 Å². The number of anilines is 3. The SMILES string of the molecule is CN1CC(=O)Nc2cc(C(=O)N3CCN(c4ncc(C(F)(F)F)cc4Cl)CC3)ccc21. The molecule has 11 heteroatoms. The standard InChI is InChI=1S/C20H19ClF3N5O2/c1-27-11-17(30)26-15-8-12(2-3-16(15)27)19(31)29-6-4-28(5-7-29)18-14(21)9-13(10-25-18)20(22,23)24/h2-3,8-10H,4-7,11H2,1H3,(H,26,30). The van der Waals surface area contributed by atoms with Crippen molar-refractivity contribution in [1.82, 2.24) is 9.88 Å². The molecule has 2 amide bonds. The lowest BCUT2D eigenvalue weighted by molar-refractivity contribution is -0.137. The van der Waals surface area contributed by atoms with Gasteiger partial charge in [-0.2, -0.15) is 13.2 Å². The summed E-state index contributed by atoms with van der Waals surface area (Å²) in [6.45, 7) is 1.74. The van der Waals surface area contributed by atoms with Crippen LogP contribution >= 0.6 is 11.6 Å². The Hall–Kier alpha value is -3.01. The number of rotatable bonds is 2. The third-order valence-electron chi connectivity index (χ3n) is 5.33. The molecule has 4 rings (SSSR count). The Morgan fingerprint density at radius 2 is 1.87 bits per heavy atom. The van der Waals surface area contributed by atoms with Crippen LogP contribution in [0, 0.1) is 0 Å². The van der Waals surface area contributed by atoms with Gasteiger partial charge in [0, 0.05) is 45.0 Å². The number of nitrogens with one attached hydrogen (secondary N) is 1. The highest BCUT2D eigenvalue weighted by molar-refractivity contribution is 6.33. The zero-order valence-corrected chi connectivity index (χ0v) is 17.3. The van der Waals surface area contributed by atoms with Gasteiger partial charge < -0.3 is 20.0 Å². The van der Waals surface area contributed by atoms with Crippen molar-refractivity contribution < 1.29 is 22.8 Å². The molecule has 0 spiro atoms. The highest BCUT2D eigenvalue weighted by atomic mass is 35.5. The van der Waals surface area contributed by atoms with Gasteiger partial charge in [-0.25, -0.2) is 4.98 Å². The molecule has 1 saturated heterocycles. The molecular weight excluding hydrogens is 435 g/mol. The third-order valence-corrected chi connectivity index (χ3v) is 5.60. The average molecular weight is 454 g/mol. The number of nitrogens with zero attached hydrogens (tertiary/aromatic N) is 4. The zero-order chi connectivity index (χ0) is 22.3. The fraction of sp³-hybridized carbons (Fsp3) is 0.350. The minimum Gasteiger partial charge on any atom is -0.364 e. The van der Waals surface area contributed by atoms with Crippen LogP contribution in [-0.2, 0) is 11.0 Å². The number of aromatic nitrogens is 1. The third kappa shape index (κ3) is 4.25. The van der Waals surface area contributed by atoms with E-state index in [0.717, 1.165) is 18.0 Å². The molecule has 1 N–H and O–H groups in total. The van der Waals surface area contributed by atoms with Crippen LogP contribution in [0.15, 0.2) is 30.5 Å². The Balaban J connectivity index is 1.44. The second kappa shape index (κ2) is 7.92. The molecule has 2 aliphatic rings. The molecule has 0 atom stereocenters. The molecule has 0 aliphatic carbocycles. The first-order valence-corrected chi connectivity index (χ1v) is 9.93. The molecule has 31 heavy (non-hydrogen) atoms. The number of likely N-dealkylation sites (N-methyl/N-ethyl adjacent to an activating group) is 1. The summed E-state index contributed by atoms with van der Waals surface area (Å²) in [5.41, 5.74) is 0.974. The van der Waals surface area contributed by atoms with Gasteiger partial charge in [0.05, 0.1) is 28.5 Å². The van der Waals surface area contributed by atoms with Crippen LogP contribution in [0.25, 0.3) is 0 Å². The van der Waals surface area contributed by atoms with E-state index in [2.05, 4.69) is 10.3 Å². The van der Waals surface area contributed by atoms with E-state index in [-0.39, 0.29) is 29.2 Å². The monoisotopic (exact) mass is 453 g/mol. The van der Waals surface area contributed by atoms with E-state index in [0.29, 0.717) is 37.4 Å². The summed E-state index contributed by atoms with van der Waals surface area (Å²) in [7, 11) is 1.80. The van der Waals surface area contributed by atoms with E-state index in [1.165, 1.54) is 0 Å². The number of piperazine rings is 1. The van der Waals surface area contributed by atoms with Gasteiger partial charge >= 0.3 is 6.18 Å². The first kappa shape index (κ1) is 21.2. The summed E-state index contributed by atoms with van der Waals surface area (Å²) in [6, 6.07) is 6.03. The molecule has 0 radical (unpaired) electrons. The van der Waals surface area contributed by atoms with Crippen molar-refractivity contribution in [3.05, 3.63) is 46.6 Å². The maximum atomic E-state index is 12.9. The normalized spacial score (nSPS) is 16.8. The quantitative estimate of drug-likeness (QED) is 0.756. The molecule has 1 fully saturated rings. The van der Waals surface area contributed by atoms with Gasteiger partial charge in [-0.3, -0.25) is 9.59 Å². The number of amides is 2. The van der Waals surface area contributed by atoms with Gasteiger partial charge in [0.15, 0.2) is 0 Å². The van der Waals surface area contributed by atoms with E-state index in [1.54, 1.807) is 35.0 Å². The minimum absolute atomic E-state index is 0.0795.